The molecule has 2 aromatic rings. The SMILES string of the molecule is C=CCN(CC(=O)Nc1nc(C)c(C)s1)C(=O)Nc1c(C(C)C)cccc1C(C)C. The van der Waals surface area contributed by atoms with Gasteiger partial charge < -0.3 is 15.5 Å². The summed E-state index contributed by atoms with van der Waals surface area (Å²) in [7, 11) is 0. The second-order valence-corrected chi connectivity index (χ2v) is 9.13. The summed E-state index contributed by atoms with van der Waals surface area (Å²) in [5.74, 6) is 0.222. The van der Waals surface area contributed by atoms with Crippen molar-refractivity contribution in [1.82, 2.24) is 9.88 Å². The van der Waals surface area contributed by atoms with Crippen LogP contribution in [0.1, 0.15) is 61.2 Å². The summed E-state index contributed by atoms with van der Waals surface area (Å²) in [6, 6.07) is 5.76. The van der Waals surface area contributed by atoms with E-state index in [0.29, 0.717) is 5.13 Å². The second kappa shape index (κ2) is 10.4. The Hall–Kier alpha value is -2.67. The highest BCUT2D eigenvalue weighted by atomic mass is 32.1. The van der Waals surface area contributed by atoms with Gasteiger partial charge in [0.2, 0.25) is 5.91 Å². The van der Waals surface area contributed by atoms with Crippen LogP contribution >= 0.6 is 11.3 Å². The van der Waals surface area contributed by atoms with E-state index in [1.54, 1.807) is 6.08 Å². The lowest BCUT2D eigenvalue weighted by atomic mass is 9.93. The van der Waals surface area contributed by atoms with Crippen molar-refractivity contribution in [3.05, 3.63) is 52.6 Å². The molecule has 162 valence electrons. The number of thiazole rings is 1. The molecular formula is C23H32N4O2S. The van der Waals surface area contributed by atoms with E-state index in [9.17, 15) is 9.59 Å². The predicted molar refractivity (Wildman–Crippen MR) is 126 cm³/mol. The minimum absolute atomic E-state index is 0.0869. The first-order valence-corrected chi connectivity index (χ1v) is 11.0. The van der Waals surface area contributed by atoms with Crippen molar-refractivity contribution in [3.63, 3.8) is 0 Å². The molecule has 1 aromatic carbocycles. The molecule has 7 heteroatoms. The number of nitrogens with zero attached hydrogens (tertiary/aromatic N) is 2. The van der Waals surface area contributed by atoms with Gasteiger partial charge in [-0.05, 0) is 36.8 Å². The number of anilines is 2. The Balaban J connectivity index is 2.19. The average molecular weight is 429 g/mol. The number of urea groups is 1. The molecule has 30 heavy (non-hydrogen) atoms. The lowest BCUT2D eigenvalue weighted by Gasteiger charge is -2.25. The van der Waals surface area contributed by atoms with Crippen LogP contribution in [0.3, 0.4) is 0 Å². The fourth-order valence-electron chi connectivity index (χ4n) is 3.11. The molecule has 2 rings (SSSR count). The van der Waals surface area contributed by atoms with Crippen molar-refractivity contribution in [1.29, 1.82) is 0 Å². The van der Waals surface area contributed by atoms with Crippen molar-refractivity contribution in [2.24, 2.45) is 0 Å². The number of aryl methyl sites for hydroxylation is 2. The first-order chi connectivity index (χ1) is 14.1. The standard InChI is InChI=1S/C23H32N4O2S/c1-8-12-27(13-20(28)25-22-24-16(6)17(7)30-22)23(29)26-21-18(14(2)3)10-9-11-19(21)15(4)5/h8-11,14-15H,1,12-13H2,2-7H3,(H,26,29)(H,24,25,28). The van der Waals surface area contributed by atoms with E-state index in [2.05, 4.69) is 49.9 Å². The molecule has 0 aliphatic carbocycles. The van der Waals surface area contributed by atoms with Gasteiger partial charge in [-0.15, -0.1) is 17.9 Å². The van der Waals surface area contributed by atoms with E-state index < -0.39 is 0 Å². The highest BCUT2D eigenvalue weighted by molar-refractivity contribution is 7.15. The molecule has 0 aliphatic heterocycles. The molecule has 2 N–H and O–H groups in total. The van der Waals surface area contributed by atoms with Gasteiger partial charge in [0, 0.05) is 17.1 Å². The molecule has 0 radical (unpaired) electrons. The van der Waals surface area contributed by atoms with Crippen LogP contribution in [-0.2, 0) is 4.79 Å². The van der Waals surface area contributed by atoms with Crippen LogP contribution in [0.25, 0.3) is 0 Å². The first-order valence-electron chi connectivity index (χ1n) is 10.2. The van der Waals surface area contributed by atoms with Gasteiger partial charge in [-0.1, -0.05) is 52.0 Å². The lowest BCUT2D eigenvalue weighted by molar-refractivity contribution is -0.116. The van der Waals surface area contributed by atoms with E-state index in [0.717, 1.165) is 27.4 Å². The minimum atomic E-state index is -0.327. The highest BCUT2D eigenvalue weighted by Gasteiger charge is 2.21. The normalized spacial score (nSPS) is 10.9. The number of amides is 3. The minimum Gasteiger partial charge on any atom is -0.312 e. The lowest BCUT2D eigenvalue weighted by Crippen LogP contribution is -2.41. The molecule has 0 fully saturated rings. The molecule has 0 bridgehead atoms. The van der Waals surface area contributed by atoms with Crippen LogP contribution in [0.2, 0.25) is 0 Å². The van der Waals surface area contributed by atoms with Crippen LogP contribution in [-0.4, -0.2) is 34.9 Å². The fraction of sp³-hybridized carbons (Fsp3) is 0.435. The van der Waals surface area contributed by atoms with E-state index in [4.69, 9.17) is 0 Å². The maximum Gasteiger partial charge on any atom is 0.322 e. The molecular weight excluding hydrogens is 396 g/mol. The largest absolute Gasteiger partial charge is 0.322 e. The molecule has 6 nitrogen and oxygen atoms in total. The summed E-state index contributed by atoms with van der Waals surface area (Å²) >= 11 is 1.42. The summed E-state index contributed by atoms with van der Waals surface area (Å²) in [6.07, 6.45) is 1.61. The average Bonchev–Trinajstić information content (AvgIpc) is 2.97. The number of carbonyl (C=O) groups is 2. The molecule has 0 saturated carbocycles. The number of carbonyl (C=O) groups excluding carboxylic acids is 2. The van der Waals surface area contributed by atoms with Gasteiger partial charge in [0.1, 0.15) is 6.54 Å². The highest BCUT2D eigenvalue weighted by Crippen LogP contribution is 2.32. The van der Waals surface area contributed by atoms with Crippen LogP contribution in [0.4, 0.5) is 15.6 Å². The number of rotatable bonds is 8. The molecule has 0 unspecified atom stereocenters. The summed E-state index contributed by atoms with van der Waals surface area (Å²) in [5, 5.41) is 6.38. The summed E-state index contributed by atoms with van der Waals surface area (Å²) in [4.78, 5) is 32.4. The number of hydrogen-bond acceptors (Lipinski definition) is 4. The molecule has 1 aromatic heterocycles. The molecule has 0 saturated heterocycles. The van der Waals surface area contributed by atoms with Gasteiger partial charge in [-0.3, -0.25) is 4.79 Å². The van der Waals surface area contributed by atoms with Gasteiger partial charge in [-0.25, -0.2) is 9.78 Å². The Bertz CT molecular complexity index is 872. The maximum atomic E-state index is 13.1. The number of hydrogen-bond donors (Lipinski definition) is 2. The Morgan fingerprint density at radius 1 is 1.13 bits per heavy atom. The Morgan fingerprint density at radius 3 is 2.20 bits per heavy atom. The summed E-state index contributed by atoms with van der Waals surface area (Å²) in [5.41, 5.74) is 3.87. The quantitative estimate of drug-likeness (QED) is 0.532. The van der Waals surface area contributed by atoms with E-state index in [1.807, 2.05) is 32.0 Å². The van der Waals surface area contributed by atoms with Gasteiger partial charge in [0.15, 0.2) is 5.13 Å². The first kappa shape index (κ1) is 23.6. The molecule has 3 amide bonds. The molecule has 0 atom stereocenters. The van der Waals surface area contributed by atoms with Crippen LogP contribution in [0, 0.1) is 13.8 Å². The number of benzene rings is 1. The zero-order valence-electron chi connectivity index (χ0n) is 18.7. The monoisotopic (exact) mass is 428 g/mol. The van der Waals surface area contributed by atoms with Crippen LogP contribution < -0.4 is 10.6 Å². The van der Waals surface area contributed by atoms with Gasteiger partial charge in [-0.2, -0.15) is 0 Å². The third-order valence-corrected chi connectivity index (χ3v) is 5.84. The van der Waals surface area contributed by atoms with Crippen molar-refractivity contribution in [2.45, 2.75) is 53.4 Å². The van der Waals surface area contributed by atoms with Crippen LogP contribution in [0.5, 0.6) is 0 Å². The van der Waals surface area contributed by atoms with Gasteiger partial charge in [0.25, 0.3) is 0 Å². The summed E-state index contributed by atoms with van der Waals surface area (Å²) < 4.78 is 0. The topological polar surface area (TPSA) is 74.3 Å². The van der Waals surface area contributed by atoms with Gasteiger partial charge >= 0.3 is 6.03 Å². The number of nitrogens with one attached hydrogen (secondary N) is 2. The Kier molecular flexibility index (Phi) is 8.17. The fourth-order valence-corrected chi connectivity index (χ4v) is 3.95. The Morgan fingerprint density at radius 2 is 1.73 bits per heavy atom. The zero-order valence-corrected chi connectivity index (χ0v) is 19.5. The van der Waals surface area contributed by atoms with Crippen molar-refractivity contribution in [3.8, 4) is 0 Å². The number of para-hydroxylation sites is 1. The third-order valence-electron chi connectivity index (χ3n) is 4.85. The Labute approximate surface area is 183 Å². The van der Waals surface area contributed by atoms with Crippen LogP contribution in [0.15, 0.2) is 30.9 Å². The van der Waals surface area contributed by atoms with E-state index in [-0.39, 0.29) is 36.9 Å². The molecule has 1 heterocycles. The zero-order chi connectivity index (χ0) is 22.4. The summed E-state index contributed by atoms with van der Waals surface area (Å²) in [6.45, 7) is 16.2. The van der Waals surface area contributed by atoms with Crippen molar-refractivity contribution in [2.75, 3.05) is 23.7 Å². The smallest absolute Gasteiger partial charge is 0.312 e. The maximum absolute atomic E-state index is 13.1. The van der Waals surface area contributed by atoms with E-state index in [1.165, 1.54) is 16.2 Å². The number of aromatic nitrogens is 1. The third kappa shape index (κ3) is 5.92. The second-order valence-electron chi connectivity index (χ2n) is 7.93. The molecule has 0 aliphatic rings. The van der Waals surface area contributed by atoms with Gasteiger partial charge in [0.05, 0.1) is 5.69 Å². The predicted octanol–water partition coefficient (Wildman–Crippen LogP) is 5.67. The molecule has 0 spiro atoms. The van der Waals surface area contributed by atoms with E-state index >= 15 is 0 Å². The van der Waals surface area contributed by atoms with Crippen molar-refractivity contribution < 1.29 is 9.59 Å². The van der Waals surface area contributed by atoms with Crippen molar-refractivity contribution >= 4 is 34.1 Å².